The summed E-state index contributed by atoms with van der Waals surface area (Å²) < 4.78 is 126. The van der Waals surface area contributed by atoms with E-state index in [0.29, 0.717) is 13.1 Å². The third-order valence-electron chi connectivity index (χ3n) is 3.35. The van der Waals surface area contributed by atoms with E-state index >= 15 is 0 Å². The van der Waals surface area contributed by atoms with Crippen LogP contribution >= 0.6 is 15.6 Å². The summed E-state index contributed by atoms with van der Waals surface area (Å²) in [7, 11) is -17.4. The zero-order valence-electron chi connectivity index (χ0n) is 16.9. The molecule has 20 heteroatoms. The molecule has 0 amide bonds. The third kappa shape index (κ3) is 23.3. The Balaban J connectivity index is 0.000000605. The molecule has 0 fully saturated rings. The van der Waals surface area contributed by atoms with Gasteiger partial charge in [-0.3, -0.25) is 0 Å². The second kappa shape index (κ2) is 8.24. The summed E-state index contributed by atoms with van der Waals surface area (Å²) in [6.45, 7) is 1.02. The van der Waals surface area contributed by atoms with Crippen LogP contribution in [-0.4, -0.2) is 32.6 Å². The van der Waals surface area contributed by atoms with Gasteiger partial charge in [-0.25, -0.2) is 18.3 Å². The molecule has 0 unspecified atom stereocenters. The molecular weight excluding hydrogens is 534 g/mol. The standard InChI is InChI=1S/C13H22N4O2.2F6P/c1-14-3-5-16(11-14)7-13(9-18,10-19)8-17-6-4-15(2)12-17;2*1-7(2,3,4,5)6/h3-6,11-12,18-19H,7-10H2,1-2H3;;/q+2;2*-1. The van der Waals surface area contributed by atoms with E-state index in [1.54, 1.807) is 0 Å². The van der Waals surface area contributed by atoms with Crippen molar-refractivity contribution in [1.29, 1.82) is 0 Å². The second-order valence-corrected chi connectivity index (χ2v) is 11.1. The van der Waals surface area contributed by atoms with Gasteiger partial charge in [-0.2, -0.15) is 0 Å². The first kappa shape index (κ1) is 31.4. The zero-order chi connectivity index (χ0) is 26.7. The second-order valence-electron chi connectivity index (χ2n) is 7.24. The molecule has 0 aliphatic heterocycles. The molecule has 0 atom stereocenters. The van der Waals surface area contributed by atoms with E-state index < -0.39 is 21.0 Å². The molecule has 0 bridgehead atoms. The van der Waals surface area contributed by atoms with Gasteiger partial charge in [-0.1, -0.05) is 0 Å². The maximum absolute atomic E-state index is 10.7. The number of aliphatic hydroxyl groups is 2. The molecule has 2 N–H and O–H groups in total. The fraction of sp³-hybridized carbons (Fsp3) is 0.538. The van der Waals surface area contributed by atoms with Gasteiger partial charge in [0.1, 0.15) is 37.9 Å². The molecule has 2 heterocycles. The number of rotatable bonds is 6. The van der Waals surface area contributed by atoms with E-state index in [1.807, 2.05) is 69.8 Å². The van der Waals surface area contributed by atoms with E-state index in [-0.39, 0.29) is 13.2 Å². The number of aromatic nitrogens is 4. The Morgan fingerprint density at radius 2 is 0.879 bits per heavy atom. The Bertz CT molecular complexity index is 822. The number of aliphatic hydroxyl groups excluding tert-OH is 2. The van der Waals surface area contributed by atoms with Crippen LogP contribution in [0.15, 0.2) is 37.4 Å². The zero-order valence-corrected chi connectivity index (χ0v) is 18.7. The minimum atomic E-state index is -10.7. The van der Waals surface area contributed by atoms with Gasteiger partial charge in [0, 0.05) is 0 Å². The van der Waals surface area contributed by atoms with Crippen LogP contribution in [0.1, 0.15) is 0 Å². The van der Waals surface area contributed by atoms with Crippen LogP contribution in [0.2, 0.25) is 0 Å². The molecule has 2 aromatic rings. The van der Waals surface area contributed by atoms with E-state index in [2.05, 4.69) is 0 Å². The topological polar surface area (TPSA) is 58.1 Å². The van der Waals surface area contributed by atoms with Crippen molar-refractivity contribution in [3.8, 4) is 0 Å². The van der Waals surface area contributed by atoms with Crippen molar-refractivity contribution in [3.05, 3.63) is 37.4 Å². The number of halogens is 12. The predicted octanol–water partition coefficient (Wildman–Crippen LogP) is 5.37. The van der Waals surface area contributed by atoms with Crippen molar-refractivity contribution >= 4 is 15.6 Å². The Kier molecular flexibility index (Phi) is 7.83. The summed E-state index contributed by atoms with van der Waals surface area (Å²) in [6.07, 6.45) is 11.6. The summed E-state index contributed by atoms with van der Waals surface area (Å²) >= 11 is 0. The van der Waals surface area contributed by atoms with E-state index in [1.165, 1.54) is 0 Å². The Hall–Kier alpha value is -1.64. The van der Waals surface area contributed by atoms with Gasteiger partial charge in [0.2, 0.25) is 12.7 Å². The average molecular weight is 556 g/mol. The van der Waals surface area contributed by atoms with Crippen LogP contribution in [0.3, 0.4) is 0 Å². The van der Waals surface area contributed by atoms with Crippen molar-refractivity contribution in [3.63, 3.8) is 0 Å². The van der Waals surface area contributed by atoms with Gasteiger partial charge in [-0.15, -0.1) is 0 Å². The van der Waals surface area contributed by atoms with Gasteiger partial charge in [0.05, 0.1) is 32.7 Å². The monoisotopic (exact) mass is 556 g/mol. The summed E-state index contributed by atoms with van der Waals surface area (Å²) in [6, 6.07) is 0. The van der Waals surface area contributed by atoms with Crippen LogP contribution in [-0.2, 0) is 27.2 Å². The summed E-state index contributed by atoms with van der Waals surface area (Å²) in [5, 5.41) is 19.4. The molecule has 6 nitrogen and oxygen atoms in total. The normalized spacial score (nSPS) is 16.7. The van der Waals surface area contributed by atoms with Crippen molar-refractivity contribution < 1.29 is 69.7 Å². The first-order valence-electron chi connectivity index (χ1n) is 8.33. The van der Waals surface area contributed by atoms with E-state index in [9.17, 15) is 60.6 Å². The van der Waals surface area contributed by atoms with Crippen molar-refractivity contribution in [2.45, 2.75) is 13.1 Å². The van der Waals surface area contributed by atoms with E-state index in [0.717, 1.165) is 0 Å². The molecule has 0 spiro atoms. The summed E-state index contributed by atoms with van der Waals surface area (Å²) in [4.78, 5) is 0. The third-order valence-corrected chi connectivity index (χ3v) is 3.35. The van der Waals surface area contributed by atoms with Crippen LogP contribution in [0.25, 0.3) is 0 Å². The molecule has 2 aromatic heterocycles. The maximum atomic E-state index is 9.87. The molecular formula is C13H22F12N4O2P2. The van der Waals surface area contributed by atoms with Crippen molar-refractivity contribution in [2.24, 2.45) is 19.5 Å². The summed E-state index contributed by atoms with van der Waals surface area (Å²) in [5.41, 5.74) is -0.571. The molecule has 200 valence electrons. The first-order valence-corrected chi connectivity index (χ1v) is 12.4. The van der Waals surface area contributed by atoms with E-state index in [4.69, 9.17) is 0 Å². The SMILES string of the molecule is C[n+]1ccn(CC(CO)(CO)Cn2cc[n+](C)c2)c1.F[P-](F)(F)(F)(F)F.F[P-](F)(F)(F)(F)F. The Morgan fingerprint density at radius 1 is 0.636 bits per heavy atom. The number of aryl methyl sites for hydroxylation is 2. The van der Waals surface area contributed by atoms with Gasteiger partial charge in [-0.05, 0) is 0 Å². The molecule has 2 rings (SSSR count). The quantitative estimate of drug-likeness (QED) is 0.286. The van der Waals surface area contributed by atoms with Gasteiger partial charge < -0.3 is 10.2 Å². The Labute approximate surface area is 178 Å². The molecule has 0 aliphatic carbocycles. The van der Waals surface area contributed by atoms with Crippen LogP contribution in [0.4, 0.5) is 50.4 Å². The number of nitrogens with zero attached hydrogens (tertiary/aromatic N) is 4. The number of hydrogen-bond acceptors (Lipinski definition) is 2. The van der Waals surface area contributed by atoms with Gasteiger partial charge in [0.15, 0.2) is 0 Å². The minimum absolute atomic E-state index is 0.0622. The fourth-order valence-corrected chi connectivity index (χ4v) is 2.27. The van der Waals surface area contributed by atoms with Crippen LogP contribution in [0, 0.1) is 5.41 Å². The average Bonchev–Trinajstić information content (AvgIpc) is 3.08. The van der Waals surface area contributed by atoms with Gasteiger partial charge >= 0.3 is 66.0 Å². The number of imidazole rings is 2. The summed E-state index contributed by atoms with van der Waals surface area (Å²) in [5.74, 6) is 0. The molecule has 33 heavy (non-hydrogen) atoms. The van der Waals surface area contributed by atoms with Gasteiger partial charge in [0.25, 0.3) is 0 Å². The van der Waals surface area contributed by atoms with Crippen molar-refractivity contribution in [1.82, 2.24) is 9.13 Å². The van der Waals surface area contributed by atoms with Crippen LogP contribution < -0.4 is 9.13 Å². The molecule has 0 aromatic carbocycles. The predicted molar refractivity (Wildman–Crippen MR) is 95.0 cm³/mol. The molecule has 0 saturated heterocycles. The van der Waals surface area contributed by atoms with Crippen molar-refractivity contribution in [2.75, 3.05) is 13.2 Å². The Morgan fingerprint density at radius 3 is 1.03 bits per heavy atom. The van der Waals surface area contributed by atoms with Crippen LogP contribution in [0.5, 0.6) is 0 Å². The fourth-order valence-electron chi connectivity index (χ4n) is 2.27. The molecule has 0 aliphatic rings. The first-order chi connectivity index (χ1) is 14.0. The molecule has 0 saturated carbocycles. The number of hydrogen-bond donors (Lipinski definition) is 2. The molecule has 0 radical (unpaired) electrons.